The molecular weight excluding hydrogens is 1060 g/mol. The highest BCUT2D eigenvalue weighted by atomic mass is 16.8. The monoisotopic (exact) mass is 1130 g/mol. The van der Waals surface area contributed by atoms with Gasteiger partial charge in [-0.25, -0.2) is 4.79 Å². The summed E-state index contributed by atoms with van der Waals surface area (Å²) in [5.74, 6) is -3.76. The third kappa shape index (κ3) is 17.8. The second-order valence-electron chi connectivity index (χ2n) is 19.4. The van der Waals surface area contributed by atoms with Gasteiger partial charge in [0.05, 0.1) is 39.1 Å². The Morgan fingerprint density at radius 2 is 1.05 bits per heavy atom. The van der Waals surface area contributed by atoms with Gasteiger partial charge in [-0.2, -0.15) is 0 Å². The number of amides is 5. The number of imide groups is 1. The van der Waals surface area contributed by atoms with Gasteiger partial charge >= 0.3 is 5.97 Å². The Bertz CT molecular complexity index is 1910. The maximum Gasteiger partial charge on any atom is 0.333 e. The molecule has 0 aromatic heterocycles. The molecule has 5 fully saturated rings. The van der Waals surface area contributed by atoms with Crippen LogP contribution in [0.2, 0.25) is 0 Å². The van der Waals surface area contributed by atoms with Crippen LogP contribution in [0.3, 0.4) is 0 Å². The molecule has 5 rings (SSSR count). The molecule has 0 radical (unpaired) electrons. The highest BCUT2D eigenvalue weighted by Gasteiger charge is 2.52. The van der Waals surface area contributed by atoms with Crippen molar-refractivity contribution in [2.45, 2.75) is 206 Å². The molecule has 0 unspecified atom stereocenters. The Labute approximate surface area is 446 Å². The first-order valence-electron chi connectivity index (χ1n) is 25.8. The zero-order valence-corrected chi connectivity index (χ0v) is 42.7. The number of nitrogens with one attached hydrogen (secondary N) is 3. The van der Waals surface area contributed by atoms with Gasteiger partial charge in [-0.1, -0.05) is 12.8 Å². The van der Waals surface area contributed by atoms with Gasteiger partial charge in [0.25, 0.3) is 11.8 Å². The number of carbonyl (C=O) groups excluding carboxylic acids is 6. The van der Waals surface area contributed by atoms with Crippen LogP contribution in [0.4, 0.5) is 0 Å². The second kappa shape index (κ2) is 31.4. The number of rotatable bonds is 29. The Hall–Kier alpha value is -3.82. The van der Waals surface area contributed by atoms with E-state index in [1.165, 1.54) is 6.92 Å². The molecule has 21 atom stereocenters. The molecule has 0 bridgehead atoms. The maximum absolute atomic E-state index is 13.6. The summed E-state index contributed by atoms with van der Waals surface area (Å²) in [6.45, 7) is -1.72. The highest BCUT2D eigenvalue weighted by Crippen LogP contribution is 2.31. The molecule has 5 saturated heterocycles. The van der Waals surface area contributed by atoms with E-state index in [1.54, 1.807) is 0 Å². The summed E-state index contributed by atoms with van der Waals surface area (Å²) in [5.41, 5.74) is 0. The first-order valence-corrected chi connectivity index (χ1v) is 25.8. The van der Waals surface area contributed by atoms with Gasteiger partial charge in [-0.05, 0) is 32.6 Å². The normalized spacial score (nSPS) is 36.7. The van der Waals surface area contributed by atoms with Crippen molar-refractivity contribution in [1.29, 1.82) is 0 Å². The van der Waals surface area contributed by atoms with E-state index in [1.807, 2.05) is 0 Å². The van der Waals surface area contributed by atoms with E-state index in [0.717, 1.165) is 0 Å². The van der Waals surface area contributed by atoms with Crippen LogP contribution >= 0.6 is 0 Å². The van der Waals surface area contributed by atoms with Crippen LogP contribution in [-0.2, 0) is 71.5 Å². The second-order valence-corrected chi connectivity index (χ2v) is 19.4. The van der Waals surface area contributed by atoms with Gasteiger partial charge < -0.3 is 125 Å². The largest absolute Gasteiger partial charge is 0.394 e. The number of aliphatic hydroxyl groups is 13. The first kappa shape index (κ1) is 65.0. The maximum atomic E-state index is 13.6. The minimum Gasteiger partial charge on any atom is -0.394 e. The van der Waals surface area contributed by atoms with Crippen molar-refractivity contribution in [1.82, 2.24) is 21.0 Å². The SMILES string of the molecule is C[C@@H]1O[C@@H](OCCNC(=O)CCCCC(=O)N[C@@H](CCCCCC(=O)ON2C(=O)CCC2=O)C(=O)NCCO[C@H]2O[C@H](CO[C@H]3O[C@H](CO)[C@@H](O)[C@H](O)[C@@H]3O)[C@@H](O)[C@H](O[C@H]3O[C@H](CO)[C@@H](O)[C@H](O)[C@@H]3O)[C@@H]2O)[C@@H](O)[C@H](O)[C@@H]1O. The lowest BCUT2D eigenvalue weighted by Crippen LogP contribution is -2.65. The molecule has 0 saturated carbocycles. The van der Waals surface area contributed by atoms with E-state index in [-0.39, 0.29) is 89.8 Å². The van der Waals surface area contributed by atoms with Crippen LogP contribution in [0.25, 0.3) is 0 Å². The summed E-state index contributed by atoms with van der Waals surface area (Å²) in [5, 5.41) is 142. The summed E-state index contributed by atoms with van der Waals surface area (Å²) in [4.78, 5) is 80.1. The fourth-order valence-corrected chi connectivity index (χ4v) is 8.85. The van der Waals surface area contributed by atoms with Crippen molar-refractivity contribution in [3.05, 3.63) is 0 Å². The molecule has 32 heteroatoms. The van der Waals surface area contributed by atoms with Crippen molar-refractivity contribution in [2.24, 2.45) is 0 Å². The third-order valence-electron chi connectivity index (χ3n) is 13.5. The smallest absolute Gasteiger partial charge is 0.333 e. The average molecular weight is 1130 g/mol. The molecule has 5 heterocycles. The first-order chi connectivity index (χ1) is 37.1. The van der Waals surface area contributed by atoms with Crippen molar-refractivity contribution < 1.29 is 138 Å². The Balaban J connectivity index is 1.15. The fraction of sp³-hybridized carbons (Fsp3) is 0.870. The number of carbonyl (C=O) groups is 6. The Morgan fingerprint density at radius 3 is 1.65 bits per heavy atom. The molecule has 0 spiro atoms. The predicted molar refractivity (Wildman–Crippen MR) is 250 cm³/mol. The standard InChI is InChI=1S/C46H76N4O28/c1-20-30(58)34(62)37(65)43(73-20)70-15-13-47-25(53)8-5-6-9-26(54)49-21(7-3-2-4-10-29(57)78-50-27(55)11-12-28(50)56)42(69)48-14-16-71-45-40(68)41(77-46-39(67)36(64)32(60)23(18-52)75-46)33(61)24(76-45)19-72-44-38(66)35(63)31(59)22(17-51)74-44/h20-24,30-41,43-46,51-52,58-68H,2-19H2,1H3,(H,47,53)(H,48,69)(H,49,54)/t20-,21-,22+,23+,24+,30+,31+,32+,33+,34+,35-,36-,37-,38-,39-,40-,41-,43+,44-,45-,46+/m0/s1. The molecule has 78 heavy (non-hydrogen) atoms. The molecule has 5 aliphatic heterocycles. The topological polar surface area (TPSA) is 488 Å². The molecule has 0 aromatic rings. The zero-order chi connectivity index (χ0) is 57.4. The average Bonchev–Trinajstić information content (AvgIpc) is 3.74. The fourth-order valence-electron chi connectivity index (χ4n) is 8.85. The number of aliphatic hydroxyl groups excluding tert-OH is 13. The summed E-state index contributed by atoms with van der Waals surface area (Å²) < 4.78 is 44.3. The highest BCUT2D eigenvalue weighted by molar-refractivity contribution is 6.01. The Kier molecular flexibility index (Phi) is 26.2. The van der Waals surface area contributed by atoms with E-state index in [2.05, 4.69) is 16.0 Å². The number of hydrogen-bond donors (Lipinski definition) is 16. The van der Waals surface area contributed by atoms with Gasteiger partial charge in [0.2, 0.25) is 17.7 Å². The van der Waals surface area contributed by atoms with Gasteiger partial charge in [-0.3, -0.25) is 24.0 Å². The predicted octanol–water partition coefficient (Wildman–Crippen LogP) is -8.87. The lowest BCUT2D eigenvalue weighted by Gasteiger charge is -2.46. The lowest BCUT2D eigenvalue weighted by atomic mass is 9.96. The Morgan fingerprint density at radius 1 is 0.551 bits per heavy atom. The van der Waals surface area contributed by atoms with Gasteiger partial charge in [-0.15, -0.1) is 5.06 Å². The van der Waals surface area contributed by atoms with Crippen molar-refractivity contribution in [2.75, 3.05) is 46.1 Å². The molecule has 0 aromatic carbocycles. The number of nitrogens with zero attached hydrogens (tertiary/aromatic N) is 1. The quantitative estimate of drug-likeness (QED) is 0.0244. The summed E-state index contributed by atoms with van der Waals surface area (Å²) >= 11 is 0. The molecule has 448 valence electrons. The molecule has 32 nitrogen and oxygen atoms in total. The molecule has 16 N–H and O–H groups in total. The van der Waals surface area contributed by atoms with E-state index in [9.17, 15) is 95.2 Å². The third-order valence-corrected chi connectivity index (χ3v) is 13.5. The van der Waals surface area contributed by atoms with Crippen LogP contribution in [0.5, 0.6) is 0 Å². The summed E-state index contributed by atoms with van der Waals surface area (Å²) in [6.07, 6.45) is -32.1. The number of hydroxylamine groups is 2. The van der Waals surface area contributed by atoms with Crippen LogP contribution in [0.15, 0.2) is 0 Å². The van der Waals surface area contributed by atoms with Crippen molar-refractivity contribution in [3.63, 3.8) is 0 Å². The van der Waals surface area contributed by atoms with Crippen LogP contribution in [0, 0.1) is 0 Å². The molecule has 0 aliphatic carbocycles. The van der Waals surface area contributed by atoms with Crippen molar-refractivity contribution >= 4 is 35.5 Å². The van der Waals surface area contributed by atoms with Crippen LogP contribution < -0.4 is 16.0 Å². The molecule has 5 aliphatic rings. The minimum atomic E-state index is -1.99. The van der Waals surface area contributed by atoms with Crippen LogP contribution in [0.1, 0.15) is 77.6 Å². The van der Waals surface area contributed by atoms with E-state index in [4.69, 9.17) is 42.7 Å². The molecule has 5 amide bonds. The summed E-state index contributed by atoms with van der Waals surface area (Å²) in [7, 11) is 0. The van der Waals surface area contributed by atoms with Crippen LogP contribution in [-0.4, -0.2) is 282 Å². The van der Waals surface area contributed by atoms with Gasteiger partial charge in [0, 0.05) is 45.2 Å². The number of hydrogen-bond acceptors (Lipinski definition) is 28. The number of ether oxygens (including phenoxy) is 8. The van der Waals surface area contributed by atoms with E-state index >= 15 is 0 Å². The van der Waals surface area contributed by atoms with E-state index < -0.39 is 185 Å². The van der Waals surface area contributed by atoms with Gasteiger partial charge in [0.15, 0.2) is 25.2 Å². The molecular formula is C46H76N4O28. The lowest BCUT2D eigenvalue weighted by molar-refractivity contribution is -0.366. The van der Waals surface area contributed by atoms with Gasteiger partial charge in [0.1, 0.15) is 97.6 Å². The van der Waals surface area contributed by atoms with E-state index in [0.29, 0.717) is 11.5 Å². The summed E-state index contributed by atoms with van der Waals surface area (Å²) in [6, 6.07) is -1.17. The zero-order valence-electron chi connectivity index (χ0n) is 42.7. The van der Waals surface area contributed by atoms with Crippen molar-refractivity contribution in [3.8, 4) is 0 Å². The minimum absolute atomic E-state index is 0.00914. The number of unbranched alkanes of at least 4 members (excludes halogenated alkanes) is 3.